The number of nitrogens with one attached hydrogen (secondary N) is 1. The molecular weight excluding hydrogens is 278 g/mol. The molecular formula is C17H17N3O2. The van der Waals surface area contributed by atoms with Crippen molar-refractivity contribution in [3.05, 3.63) is 71.2 Å². The summed E-state index contributed by atoms with van der Waals surface area (Å²) in [7, 11) is 0. The van der Waals surface area contributed by atoms with Gasteiger partial charge < -0.3 is 14.8 Å². The first kappa shape index (κ1) is 14.3. The van der Waals surface area contributed by atoms with Gasteiger partial charge in [0.05, 0.1) is 17.0 Å². The Morgan fingerprint density at radius 1 is 1.23 bits per heavy atom. The fourth-order valence-electron chi connectivity index (χ4n) is 2.52. The molecule has 2 heterocycles. The van der Waals surface area contributed by atoms with Crippen LogP contribution in [-0.4, -0.2) is 20.5 Å². The largest absolute Gasteiger partial charge is 0.478 e. The van der Waals surface area contributed by atoms with E-state index in [-0.39, 0.29) is 0 Å². The SMILES string of the molecule is Cc1nc2ccccn2c1CNCc1cccc(C(=O)O)c1. The molecule has 0 fully saturated rings. The number of aryl methyl sites for hydroxylation is 1. The van der Waals surface area contributed by atoms with Crippen LogP contribution >= 0.6 is 0 Å². The fourth-order valence-corrected chi connectivity index (χ4v) is 2.52. The number of carboxylic acid groups (broad SMARTS) is 1. The van der Waals surface area contributed by atoms with Crippen LogP contribution in [0.15, 0.2) is 48.7 Å². The van der Waals surface area contributed by atoms with Crippen LogP contribution in [0.25, 0.3) is 5.65 Å². The normalized spacial score (nSPS) is 11.0. The number of pyridine rings is 1. The predicted molar refractivity (Wildman–Crippen MR) is 83.9 cm³/mol. The van der Waals surface area contributed by atoms with Crippen LogP contribution in [0.5, 0.6) is 0 Å². The Kier molecular flexibility index (Phi) is 3.89. The standard InChI is InChI=1S/C17H17N3O2/c1-12-15(20-8-3-2-7-16(20)19-12)11-18-10-13-5-4-6-14(9-13)17(21)22/h2-9,18H,10-11H2,1H3,(H,21,22). The van der Waals surface area contributed by atoms with Crippen molar-refractivity contribution in [2.24, 2.45) is 0 Å². The van der Waals surface area contributed by atoms with E-state index in [4.69, 9.17) is 5.11 Å². The second kappa shape index (κ2) is 5.99. The minimum absolute atomic E-state index is 0.310. The van der Waals surface area contributed by atoms with E-state index in [0.29, 0.717) is 18.7 Å². The van der Waals surface area contributed by atoms with E-state index in [2.05, 4.69) is 14.7 Å². The maximum Gasteiger partial charge on any atom is 0.335 e. The molecule has 0 aliphatic rings. The molecule has 2 aromatic heterocycles. The van der Waals surface area contributed by atoms with Gasteiger partial charge in [0.25, 0.3) is 0 Å². The maximum absolute atomic E-state index is 11.0. The van der Waals surface area contributed by atoms with Crippen molar-refractivity contribution in [2.45, 2.75) is 20.0 Å². The van der Waals surface area contributed by atoms with E-state index in [1.807, 2.05) is 37.4 Å². The summed E-state index contributed by atoms with van der Waals surface area (Å²) in [4.78, 5) is 15.5. The summed E-state index contributed by atoms with van der Waals surface area (Å²) in [6.45, 7) is 3.28. The highest BCUT2D eigenvalue weighted by molar-refractivity contribution is 5.87. The van der Waals surface area contributed by atoms with E-state index in [0.717, 1.165) is 22.6 Å². The molecule has 3 aromatic rings. The van der Waals surface area contributed by atoms with Gasteiger partial charge >= 0.3 is 5.97 Å². The van der Waals surface area contributed by atoms with Gasteiger partial charge in [0.15, 0.2) is 0 Å². The summed E-state index contributed by atoms with van der Waals surface area (Å²) in [6.07, 6.45) is 2.00. The summed E-state index contributed by atoms with van der Waals surface area (Å²) in [5.74, 6) is -0.903. The number of hydrogen-bond acceptors (Lipinski definition) is 3. The number of carboxylic acids is 1. The van der Waals surface area contributed by atoms with E-state index in [1.54, 1.807) is 18.2 Å². The maximum atomic E-state index is 11.0. The number of aromatic carboxylic acids is 1. The quantitative estimate of drug-likeness (QED) is 0.759. The highest BCUT2D eigenvalue weighted by Crippen LogP contribution is 2.12. The highest BCUT2D eigenvalue weighted by atomic mass is 16.4. The first-order valence-corrected chi connectivity index (χ1v) is 7.10. The molecule has 22 heavy (non-hydrogen) atoms. The van der Waals surface area contributed by atoms with Gasteiger partial charge in [0.1, 0.15) is 5.65 Å². The average Bonchev–Trinajstić information content (AvgIpc) is 2.84. The van der Waals surface area contributed by atoms with Crippen molar-refractivity contribution in [1.29, 1.82) is 0 Å². The molecule has 0 atom stereocenters. The molecule has 2 N–H and O–H groups in total. The van der Waals surface area contributed by atoms with Crippen molar-refractivity contribution in [2.75, 3.05) is 0 Å². The Labute approximate surface area is 128 Å². The number of nitrogens with zero attached hydrogens (tertiary/aromatic N) is 2. The Hall–Kier alpha value is -2.66. The third-order valence-corrected chi connectivity index (χ3v) is 3.62. The molecule has 0 radical (unpaired) electrons. The smallest absolute Gasteiger partial charge is 0.335 e. The lowest BCUT2D eigenvalue weighted by Gasteiger charge is -2.07. The molecule has 3 rings (SSSR count). The summed E-state index contributed by atoms with van der Waals surface area (Å²) in [5.41, 5.74) is 4.31. The van der Waals surface area contributed by atoms with E-state index >= 15 is 0 Å². The zero-order valence-corrected chi connectivity index (χ0v) is 12.3. The Morgan fingerprint density at radius 2 is 2.09 bits per heavy atom. The molecule has 0 spiro atoms. The van der Waals surface area contributed by atoms with Crippen LogP contribution in [0.2, 0.25) is 0 Å². The third-order valence-electron chi connectivity index (χ3n) is 3.62. The van der Waals surface area contributed by atoms with Crippen LogP contribution in [0, 0.1) is 6.92 Å². The van der Waals surface area contributed by atoms with Gasteiger partial charge in [-0.1, -0.05) is 18.2 Å². The Balaban J connectivity index is 1.71. The number of imidazole rings is 1. The summed E-state index contributed by atoms with van der Waals surface area (Å²) in [5, 5.41) is 12.4. The van der Waals surface area contributed by atoms with Crippen LogP contribution in [0.1, 0.15) is 27.3 Å². The molecule has 1 aromatic carbocycles. The van der Waals surface area contributed by atoms with Gasteiger partial charge in [-0.3, -0.25) is 0 Å². The Morgan fingerprint density at radius 3 is 2.91 bits per heavy atom. The lowest BCUT2D eigenvalue weighted by Crippen LogP contribution is -2.15. The second-order valence-electron chi connectivity index (χ2n) is 5.18. The number of hydrogen-bond donors (Lipinski definition) is 2. The van der Waals surface area contributed by atoms with Gasteiger partial charge in [-0.05, 0) is 36.8 Å². The fraction of sp³-hybridized carbons (Fsp3) is 0.176. The first-order valence-electron chi connectivity index (χ1n) is 7.10. The van der Waals surface area contributed by atoms with Gasteiger partial charge in [-0.25, -0.2) is 9.78 Å². The van der Waals surface area contributed by atoms with Crippen LogP contribution < -0.4 is 5.32 Å². The predicted octanol–water partition coefficient (Wildman–Crippen LogP) is 2.63. The molecule has 5 nitrogen and oxygen atoms in total. The lowest BCUT2D eigenvalue weighted by molar-refractivity contribution is 0.0696. The zero-order valence-electron chi connectivity index (χ0n) is 12.3. The average molecular weight is 295 g/mol. The summed E-state index contributed by atoms with van der Waals surface area (Å²) < 4.78 is 2.07. The number of aromatic nitrogens is 2. The minimum atomic E-state index is -0.903. The number of fused-ring (bicyclic) bond motifs is 1. The van der Waals surface area contributed by atoms with Crippen molar-refractivity contribution >= 4 is 11.6 Å². The number of benzene rings is 1. The number of carbonyl (C=O) groups is 1. The number of rotatable bonds is 5. The molecule has 0 aliphatic carbocycles. The van der Waals surface area contributed by atoms with Crippen LogP contribution in [0.4, 0.5) is 0 Å². The van der Waals surface area contributed by atoms with E-state index in [1.165, 1.54) is 0 Å². The van der Waals surface area contributed by atoms with Gasteiger partial charge in [-0.2, -0.15) is 0 Å². The monoisotopic (exact) mass is 295 g/mol. The Bertz CT molecular complexity index is 824. The summed E-state index contributed by atoms with van der Waals surface area (Å²) in [6, 6.07) is 12.9. The van der Waals surface area contributed by atoms with Gasteiger partial charge in [0, 0.05) is 19.3 Å². The van der Waals surface area contributed by atoms with Crippen molar-refractivity contribution in [3.8, 4) is 0 Å². The topological polar surface area (TPSA) is 66.6 Å². The van der Waals surface area contributed by atoms with Crippen molar-refractivity contribution in [3.63, 3.8) is 0 Å². The zero-order chi connectivity index (χ0) is 15.5. The molecule has 0 aliphatic heterocycles. The van der Waals surface area contributed by atoms with Crippen LogP contribution in [0.3, 0.4) is 0 Å². The van der Waals surface area contributed by atoms with E-state index < -0.39 is 5.97 Å². The first-order chi connectivity index (χ1) is 10.6. The third kappa shape index (κ3) is 2.84. The molecule has 0 saturated heterocycles. The summed E-state index contributed by atoms with van der Waals surface area (Å²) >= 11 is 0. The minimum Gasteiger partial charge on any atom is -0.478 e. The second-order valence-corrected chi connectivity index (χ2v) is 5.18. The molecule has 0 bridgehead atoms. The van der Waals surface area contributed by atoms with E-state index in [9.17, 15) is 4.79 Å². The molecule has 5 heteroatoms. The molecule has 0 unspecified atom stereocenters. The van der Waals surface area contributed by atoms with Crippen LogP contribution in [-0.2, 0) is 13.1 Å². The van der Waals surface area contributed by atoms with Crippen molar-refractivity contribution < 1.29 is 9.90 Å². The molecule has 112 valence electrons. The van der Waals surface area contributed by atoms with Gasteiger partial charge in [0.2, 0.25) is 0 Å². The lowest BCUT2D eigenvalue weighted by atomic mass is 10.1. The molecule has 0 amide bonds. The molecule has 0 saturated carbocycles. The highest BCUT2D eigenvalue weighted by Gasteiger charge is 2.08. The van der Waals surface area contributed by atoms with Gasteiger partial charge in [-0.15, -0.1) is 0 Å². The van der Waals surface area contributed by atoms with Crippen molar-refractivity contribution in [1.82, 2.24) is 14.7 Å².